The Morgan fingerprint density at radius 3 is 1.22 bits per heavy atom. The Kier molecular flexibility index (Phi) is 4.19. The SMILES string of the molecule is Cl.NC1CCC(N)CC1. The van der Waals surface area contributed by atoms with E-state index < -0.39 is 0 Å². The van der Waals surface area contributed by atoms with E-state index in [0.29, 0.717) is 12.1 Å². The fourth-order valence-corrected chi connectivity index (χ4v) is 1.14. The molecule has 0 amide bonds. The zero-order valence-electron chi connectivity index (χ0n) is 5.55. The van der Waals surface area contributed by atoms with Crippen LogP contribution < -0.4 is 11.5 Å². The van der Waals surface area contributed by atoms with E-state index in [2.05, 4.69) is 0 Å². The molecule has 0 bridgehead atoms. The van der Waals surface area contributed by atoms with Crippen molar-refractivity contribution in [2.45, 2.75) is 37.8 Å². The van der Waals surface area contributed by atoms with Crippen molar-refractivity contribution in [1.82, 2.24) is 0 Å². The van der Waals surface area contributed by atoms with Crippen molar-refractivity contribution in [3.8, 4) is 0 Å². The summed E-state index contributed by atoms with van der Waals surface area (Å²) in [5.74, 6) is 0. The zero-order chi connectivity index (χ0) is 5.98. The number of hydrogen-bond donors (Lipinski definition) is 2. The number of rotatable bonds is 0. The first kappa shape index (κ1) is 9.21. The van der Waals surface area contributed by atoms with Crippen LogP contribution in [-0.2, 0) is 0 Å². The van der Waals surface area contributed by atoms with Gasteiger partial charge >= 0.3 is 0 Å². The van der Waals surface area contributed by atoms with Crippen LogP contribution >= 0.6 is 12.4 Å². The maximum Gasteiger partial charge on any atom is 0.00399 e. The molecule has 56 valence electrons. The largest absolute Gasteiger partial charge is 0.328 e. The van der Waals surface area contributed by atoms with Gasteiger partial charge in [0.05, 0.1) is 0 Å². The fraction of sp³-hybridized carbons (Fsp3) is 1.00. The molecule has 0 radical (unpaired) electrons. The second-order valence-corrected chi connectivity index (χ2v) is 2.67. The summed E-state index contributed by atoms with van der Waals surface area (Å²) in [6.45, 7) is 0. The van der Waals surface area contributed by atoms with Gasteiger partial charge in [-0.3, -0.25) is 0 Å². The van der Waals surface area contributed by atoms with Gasteiger partial charge in [-0.1, -0.05) is 0 Å². The summed E-state index contributed by atoms with van der Waals surface area (Å²) in [6.07, 6.45) is 4.50. The Bertz CT molecular complexity index is 59.5. The number of hydrogen-bond acceptors (Lipinski definition) is 2. The van der Waals surface area contributed by atoms with Crippen molar-refractivity contribution >= 4 is 12.4 Å². The molecule has 0 aromatic carbocycles. The van der Waals surface area contributed by atoms with Crippen LogP contribution in [0.15, 0.2) is 0 Å². The van der Waals surface area contributed by atoms with Gasteiger partial charge in [0.1, 0.15) is 0 Å². The third-order valence-corrected chi connectivity index (χ3v) is 1.82. The van der Waals surface area contributed by atoms with Crippen molar-refractivity contribution in [3.63, 3.8) is 0 Å². The van der Waals surface area contributed by atoms with Crippen LogP contribution in [0.4, 0.5) is 0 Å². The first-order chi connectivity index (χ1) is 3.79. The Balaban J connectivity index is 0.000000640. The molecule has 0 aromatic rings. The minimum absolute atomic E-state index is 0. The van der Waals surface area contributed by atoms with Crippen LogP contribution in [0.2, 0.25) is 0 Å². The topological polar surface area (TPSA) is 52.0 Å². The van der Waals surface area contributed by atoms with Gasteiger partial charge in [0.25, 0.3) is 0 Å². The molecule has 3 heteroatoms. The van der Waals surface area contributed by atoms with Crippen LogP contribution in [0.25, 0.3) is 0 Å². The van der Waals surface area contributed by atoms with Crippen molar-refractivity contribution in [1.29, 1.82) is 0 Å². The molecule has 0 unspecified atom stereocenters. The summed E-state index contributed by atoms with van der Waals surface area (Å²) in [6, 6.07) is 0.879. The molecule has 0 saturated heterocycles. The molecule has 0 spiro atoms. The van der Waals surface area contributed by atoms with Gasteiger partial charge in [-0.15, -0.1) is 12.4 Å². The molecular formula is C6H15ClN2. The average molecular weight is 151 g/mol. The summed E-state index contributed by atoms with van der Waals surface area (Å²) in [5, 5.41) is 0. The maximum absolute atomic E-state index is 5.64. The molecule has 1 aliphatic carbocycles. The van der Waals surface area contributed by atoms with Crippen LogP contribution in [-0.4, -0.2) is 12.1 Å². The predicted molar refractivity (Wildman–Crippen MR) is 41.7 cm³/mol. The normalized spacial score (nSPS) is 35.3. The lowest BCUT2D eigenvalue weighted by Gasteiger charge is -2.22. The first-order valence-electron chi connectivity index (χ1n) is 3.30. The van der Waals surface area contributed by atoms with E-state index in [9.17, 15) is 0 Å². The predicted octanol–water partition coefficient (Wildman–Crippen LogP) is 0.637. The van der Waals surface area contributed by atoms with E-state index in [4.69, 9.17) is 11.5 Å². The molecule has 1 saturated carbocycles. The lowest BCUT2D eigenvalue weighted by atomic mass is 9.93. The summed E-state index contributed by atoms with van der Waals surface area (Å²) in [7, 11) is 0. The van der Waals surface area contributed by atoms with Crippen LogP contribution in [0.1, 0.15) is 25.7 Å². The highest BCUT2D eigenvalue weighted by molar-refractivity contribution is 5.85. The molecule has 0 aromatic heterocycles. The molecule has 0 atom stereocenters. The lowest BCUT2D eigenvalue weighted by molar-refractivity contribution is 0.395. The standard InChI is InChI=1S/C6H14N2.ClH/c7-5-1-2-6(8)4-3-5;/h5-6H,1-4,7-8H2;1H. The maximum atomic E-state index is 5.64. The van der Waals surface area contributed by atoms with E-state index in [0.717, 1.165) is 25.7 Å². The summed E-state index contributed by atoms with van der Waals surface area (Å²) in [5.41, 5.74) is 11.3. The number of halogens is 1. The fourth-order valence-electron chi connectivity index (χ4n) is 1.14. The monoisotopic (exact) mass is 150 g/mol. The Morgan fingerprint density at radius 1 is 0.778 bits per heavy atom. The van der Waals surface area contributed by atoms with Crippen LogP contribution in [0.3, 0.4) is 0 Å². The lowest BCUT2D eigenvalue weighted by Crippen LogP contribution is -2.33. The van der Waals surface area contributed by atoms with Gasteiger partial charge in [-0.25, -0.2) is 0 Å². The molecule has 0 aliphatic heterocycles. The summed E-state index contributed by atoms with van der Waals surface area (Å²) in [4.78, 5) is 0. The van der Waals surface area contributed by atoms with Crippen LogP contribution in [0, 0.1) is 0 Å². The van der Waals surface area contributed by atoms with E-state index in [1.165, 1.54) is 0 Å². The minimum Gasteiger partial charge on any atom is -0.328 e. The Labute approximate surface area is 62.4 Å². The van der Waals surface area contributed by atoms with Gasteiger partial charge in [0.2, 0.25) is 0 Å². The minimum atomic E-state index is 0. The molecule has 0 heterocycles. The van der Waals surface area contributed by atoms with Crippen LogP contribution in [0.5, 0.6) is 0 Å². The molecule has 9 heavy (non-hydrogen) atoms. The smallest absolute Gasteiger partial charge is 0.00399 e. The van der Waals surface area contributed by atoms with Gasteiger partial charge in [-0.05, 0) is 25.7 Å². The molecule has 1 aliphatic rings. The van der Waals surface area contributed by atoms with Gasteiger partial charge in [-0.2, -0.15) is 0 Å². The zero-order valence-corrected chi connectivity index (χ0v) is 6.36. The highest BCUT2D eigenvalue weighted by Gasteiger charge is 2.13. The second kappa shape index (κ2) is 4.09. The van der Waals surface area contributed by atoms with Crippen molar-refractivity contribution < 1.29 is 0 Å². The number of nitrogens with two attached hydrogens (primary N) is 2. The Hall–Kier alpha value is 0.210. The van der Waals surface area contributed by atoms with E-state index in [1.807, 2.05) is 0 Å². The average Bonchev–Trinajstić information content (AvgIpc) is 1.77. The third kappa shape index (κ3) is 3.04. The van der Waals surface area contributed by atoms with Gasteiger partial charge < -0.3 is 11.5 Å². The molecular weight excluding hydrogens is 136 g/mol. The summed E-state index contributed by atoms with van der Waals surface area (Å²) >= 11 is 0. The van der Waals surface area contributed by atoms with E-state index in [-0.39, 0.29) is 12.4 Å². The van der Waals surface area contributed by atoms with Crippen molar-refractivity contribution in [2.24, 2.45) is 11.5 Å². The first-order valence-corrected chi connectivity index (χ1v) is 3.30. The Morgan fingerprint density at radius 2 is 1.00 bits per heavy atom. The quantitative estimate of drug-likeness (QED) is 0.533. The van der Waals surface area contributed by atoms with Gasteiger partial charge in [0.15, 0.2) is 0 Å². The third-order valence-electron chi connectivity index (χ3n) is 1.82. The molecule has 2 nitrogen and oxygen atoms in total. The molecule has 1 rings (SSSR count). The molecule has 1 fully saturated rings. The highest BCUT2D eigenvalue weighted by Crippen LogP contribution is 2.14. The van der Waals surface area contributed by atoms with Crippen molar-refractivity contribution in [3.05, 3.63) is 0 Å². The highest BCUT2D eigenvalue weighted by atomic mass is 35.5. The second-order valence-electron chi connectivity index (χ2n) is 2.67. The van der Waals surface area contributed by atoms with Crippen molar-refractivity contribution in [2.75, 3.05) is 0 Å². The van der Waals surface area contributed by atoms with E-state index in [1.54, 1.807) is 0 Å². The van der Waals surface area contributed by atoms with Gasteiger partial charge in [0, 0.05) is 12.1 Å². The van der Waals surface area contributed by atoms with E-state index >= 15 is 0 Å². The molecule has 4 N–H and O–H groups in total. The summed E-state index contributed by atoms with van der Waals surface area (Å²) < 4.78 is 0.